The fourth-order valence-corrected chi connectivity index (χ4v) is 5.09. The van der Waals surface area contributed by atoms with Gasteiger partial charge in [0.25, 0.3) is 11.7 Å². The molecule has 3 aromatic carbocycles. The van der Waals surface area contributed by atoms with Crippen LogP contribution in [0, 0.1) is 0 Å². The van der Waals surface area contributed by atoms with Crippen LogP contribution in [0.25, 0.3) is 16.7 Å². The number of Topliss-reactive ketones (excluding diaryl/α,β-unsaturated/α-hetero) is 1. The molecular weight excluding hydrogens is 536 g/mol. The number of nitrogens with zero attached hydrogens (tertiary/aromatic N) is 1. The number of nitrogens with one attached hydrogen (secondary N) is 1. The van der Waals surface area contributed by atoms with E-state index in [2.05, 4.69) is 20.9 Å². The van der Waals surface area contributed by atoms with Crippen molar-refractivity contribution in [1.82, 2.24) is 9.88 Å². The smallest absolute Gasteiger partial charge is 0.295 e. The van der Waals surface area contributed by atoms with Gasteiger partial charge >= 0.3 is 0 Å². The second-order valence-corrected chi connectivity index (χ2v) is 9.64. The van der Waals surface area contributed by atoms with Crippen LogP contribution in [-0.2, 0) is 16.0 Å². The van der Waals surface area contributed by atoms with Crippen LogP contribution in [0.4, 0.5) is 0 Å². The van der Waals surface area contributed by atoms with Crippen LogP contribution in [0.5, 0.6) is 11.5 Å². The first-order valence-electron chi connectivity index (χ1n) is 11.7. The molecule has 1 saturated heterocycles. The van der Waals surface area contributed by atoms with E-state index < -0.39 is 17.7 Å². The lowest BCUT2D eigenvalue weighted by atomic mass is 9.95. The molecule has 0 saturated carbocycles. The summed E-state index contributed by atoms with van der Waals surface area (Å²) < 4.78 is 11.7. The zero-order chi connectivity index (χ0) is 26.1. The zero-order valence-electron chi connectivity index (χ0n) is 20.3. The van der Waals surface area contributed by atoms with E-state index in [9.17, 15) is 14.7 Å². The van der Waals surface area contributed by atoms with Crippen LogP contribution in [0.3, 0.4) is 0 Å². The predicted octanol–water partition coefficient (Wildman–Crippen LogP) is 5.61. The second kappa shape index (κ2) is 10.1. The molecule has 1 unspecified atom stereocenters. The van der Waals surface area contributed by atoms with Gasteiger partial charge in [0.1, 0.15) is 5.76 Å². The highest BCUT2D eigenvalue weighted by atomic mass is 79.9. The van der Waals surface area contributed by atoms with Crippen LogP contribution in [0.1, 0.15) is 22.7 Å². The molecule has 0 bridgehead atoms. The minimum Gasteiger partial charge on any atom is -0.507 e. The van der Waals surface area contributed by atoms with Gasteiger partial charge in [-0.2, -0.15) is 0 Å². The van der Waals surface area contributed by atoms with Gasteiger partial charge in [-0.15, -0.1) is 0 Å². The molecule has 1 aliphatic rings. The number of carbonyl (C=O) groups is 2. The van der Waals surface area contributed by atoms with E-state index in [-0.39, 0.29) is 17.9 Å². The number of H-pyrrole nitrogens is 1. The van der Waals surface area contributed by atoms with E-state index in [1.165, 1.54) is 12.0 Å². The Balaban J connectivity index is 1.60. The summed E-state index contributed by atoms with van der Waals surface area (Å²) in [6.07, 6.45) is 2.45. The van der Waals surface area contributed by atoms with E-state index in [1.54, 1.807) is 49.6 Å². The third kappa shape index (κ3) is 4.49. The number of hydrogen-bond acceptors (Lipinski definition) is 5. The first-order chi connectivity index (χ1) is 17.9. The van der Waals surface area contributed by atoms with Gasteiger partial charge in [-0.3, -0.25) is 9.59 Å². The molecule has 1 amide bonds. The van der Waals surface area contributed by atoms with Crippen molar-refractivity contribution in [3.8, 4) is 11.5 Å². The number of ketones is 1. The van der Waals surface area contributed by atoms with Gasteiger partial charge in [-0.1, -0.05) is 52.3 Å². The topological polar surface area (TPSA) is 91.9 Å². The SMILES string of the molecule is COc1ccc(C2/C(=C(\O)c3ccc(Br)cc3)C(=O)C(=O)N2CCc2c[nH]c3ccccc23)cc1OC. The Bertz CT molecular complexity index is 1520. The maximum atomic E-state index is 13.4. The Morgan fingerprint density at radius 1 is 1.00 bits per heavy atom. The normalized spacial score (nSPS) is 16.9. The zero-order valence-corrected chi connectivity index (χ0v) is 21.9. The van der Waals surface area contributed by atoms with Gasteiger partial charge in [-0.25, -0.2) is 0 Å². The number of carbonyl (C=O) groups excluding carboxylic acids is 2. The molecule has 1 atom stereocenters. The number of para-hydroxylation sites is 1. The molecule has 4 aromatic rings. The molecule has 8 heteroatoms. The summed E-state index contributed by atoms with van der Waals surface area (Å²) in [6.45, 7) is 0.280. The number of hydrogen-bond donors (Lipinski definition) is 2. The summed E-state index contributed by atoms with van der Waals surface area (Å²) in [5.74, 6) is -0.613. The molecule has 0 aliphatic carbocycles. The standard InChI is InChI=1S/C29H25BrN2O5/c1-36-23-12-9-18(15-24(23)37-2)26-25(27(33)17-7-10-20(30)11-8-17)28(34)29(35)32(26)14-13-19-16-31-22-6-4-3-5-21(19)22/h3-12,15-16,26,31,33H,13-14H2,1-2H3/b27-25+. The first-order valence-corrected chi connectivity index (χ1v) is 12.5. The minimum absolute atomic E-state index is 0.0402. The van der Waals surface area contributed by atoms with Gasteiger partial charge in [-0.05, 0) is 47.9 Å². The van der Waals surface area contributed by atoms with Crippen molar-refractivity contribution >= 4 is 44.3 Å². The van der Waals surface area contributed by atoms with Gasteiger partial charge in [0.15, 0.2) is 11.5 Å². The monoisotopic (exact) mass is 560 g/mol. The Morgan fingerprint density at radius 2 is 1.73 bits per heavy atom. The van der Waals surface area contributed by atoms with Gasteiger partial charge in [0, 0.05) is 33.7 Å². The van der Waals surface area contributed by atoms with Crippen molar-refractivity contribution in [3.05, 3.63) is 99.7 Å². The molecule has 1 aromatic heterocycles. The number of likely N-dealkylation sites (tertiary alicyclic amines) is 1. The highest BCUT2D eigenvalue weighted by Crippen LogP contribution is 2.42. The largest absolute Gasteiger partial charge is 0.507 e. The summed E-state index contributed by atoms with van der Waals surface area (Å²) >= 11 is 3.39. The first kappa shape index (κ1) is 24.6. The van der Waals surface area contributed by atoms with Crippen LogP contribution < -0.4 is 9.47 Å². The summed E-state index contributed by atoms with van der Waals surface area (Å²) in [4.78, 5) is 31.5. The number of aromatic amines is 1. The molecule has 0 radical (unpaired) electrons. The quantitative estimate of drug-likeness (QED) is 0.174. The number of fused-ring (bicyclic) bond motifs is 1. The number of methoxy groups -OCH3 is 2. The van der Waals surface area contributed by atoms with Crippen molar-refractivity contribution in [3.63, 3.8) is 0 Å². The summed E-state index contributed by atoms with van der Waals surface area (Å²) in [5, 5.41) is 12.3. The van der Waals surface area contributed by atoms with Crippen molar-refractivity contribution < 1.29 is 24.2 Å². The predicted molar refractivity (Wildman–Crippen MR) is 145 cm³/mol. The average molecular weight is 561 g/mol. The highest BCUT2D eigenvalue weighted by Gasteiger charge is 2.46. The van der Waals surface area contributed by atoms with Crippen molar-refractivity contribution in [2.45, 2.75) is 12.5 Å². The van der Waals surface area contributed by atoms with E-state index in [0.717, 1.165) is 20.9 Å². The molecule has 1 fully saturated rings. The van der Waals surface area contributed by atoms with E-state index >= 15 is 0 Å². The van der Waals surface area contributed by atoms with E-state index in [1.807, 2.05) is 30.5 Å². The maximum absolute atomic E-state index is 13.4. The molecule has 2 N–H and O–H groups in total. The van der Waals surface area contributed by atoms with Crippen LogP contribution in [0.2, 0.25) is 0 Å². The Labute approximate surface area is 222 Å². The van der Waals surface area contributed by atoms with Crippen molar-refractivity contribution in [1.29, 1.82) is 0 Å². The lowest BCUT2D eigenvalue weighted by Gasteiger charge is -2.26. The number of benzene rings is 3. The fraction of sp³-hybridized carbons (Fsp3) is 0.172. The molecule has 1 aliphatic heterocycles. The van der Waals surface area contributed by atoms with Gasteiger partial charge in [0.2, 0.25) is 0 Å². The van der Waals surface area contributed by atoms with Crippen molar-refractivity contribution in [2.75, 3.05) is 20.8 Å². The third-order valence-electron chi connectivity index (χ3n) is 6.68. The number of ether oxygens (including phenoxy) is 2. The van der Waals surface area contributed by atoms with Crippen molar-refractivity contribution in [2.24, 2.45) is 0 Å². The molecule has 188 valence electrons. The Kier molecular flexibility index (Phi) is 6.76. The molecule has 2 heterocycles. The maximum Gasteiger partial charge on any atom is 0.295 e. The molecular formula is C29H25BrN2O5. The lowest BCUT2D eigenvalue weighted by molar-refractivity contribution is -0.139. The highest BCUT2D eigenvalue weighted by molar-refractivity contribution is 9.10. The number of amides is 1. The van der Waals surface area contributed by atoms with Crippen LogP contribution in [-0.4, -0.2) is 47.4 Å². The Morgan fingerprint density at radius 3 is 2.46 bits per heavy atom. The fourth-order valence-electron chi connectivity index (χ4n) is 4.82. The van der Waals surface area contributed by atoms with E-state index in [4.69, 9.17) is 9.47 Å². The molecule has 7 nitrogen and oxygen atoms in total. The second-order valence-electron chi connectivity index (χ2n) is 8.72. The summed E-state index contributed by atoms with van der Waals surface area (Å²) in [6, 6.07) is 19.3. The van der Waals surface area contributed by atoms with Crippen LogP contribution >= 0.6 is 15.9 Å². The number of aliphatic hydroxyl groups is 1. The van der Waals surface area contributed by atoms with E-state index in [0.29, 0.717) is 29.0 Å². The molecule has 5 rings (SSSR count). The lowest BCUT2D eigenvalue weighted by Crippen LogP contribution is -2.31. The average Bonchev–Trinajstić information content (AvgIpc) is 3.45. The van der Waals surface area contributed by atoms with Crippen LogP contribution in [0.15, 0.2) is 83.0 Å². The summed E-state index contributed by atoms with van der Waals surface area (Å²) in [7, 11) is 3.07. The van der Waals surface area contributed by atoms with Gasteiger partial charge in [0.05, 0.1) is 25.8 Å². The Hall–Kier alpha value is -4.04. The minimum atomic E-state index is -0.798. The molecule has 37 heavy (non-hydrogen) atoms. The number of rotatable bonds is 7. The summed E-state index contributed by atoms with van der Waals surface area (Å²) in [5.41, 5.74) is 3.17. The number of halogens is 1. The third-order valence-corrected chi connectivity index (χ3v) is 7.21. The number of aromatic nitrogens is 1. The molecule has 0 spiro atoms. The number of aliphatic hydroxyl groups excluding tert-OH is 1. The van der Waals surface area contributed by atoms with Gasteiger partial charge < -0.3 is 24.5 Å².